The number of aryl methyl sites for hydroxylation is 1. The fourth-order valence-electron chi connectivity index (χ4n) is 2.05. The number of hydrogen-bond donors (Lipinski definition) is 2. The molecule has 1 aliphatic heterocycles. The Balaban J connectivity index is 1.80. The van der Waals surface area contributed by atoms with Gasteiger partial charge < -0.3 is 20.5 Å². The van der Waals surface area contributed by atoms with E-state index in [1.807, 2.05) is 13.0 Å². The maximum atomic E-state index is 11.8. The summed E-state index contributed by atoms with van der Waals surface area (Å²) in [6.45, 7) is 3.41. The van der Waals surface area contributed by atoms with E-state index >= 15 is 0 Å². The highest BCUT2D eigenvalue weighted by atomic mass is 16.5. The first-order chi connectivity index (χ1) is 9.15. The average Bonchev–Trinajstić information content (AvgIpc) is 2.41. The number of benzene rings is 1. The number of hydrogen-bond acceptors (Lipinski definition) is 4. The summed E-state index contributed by atoms with van der Waals surface area (Å²) in [7, 11) is 0. The third-order valence-corrected chi connectivity index (χ3v) is 3.14. The molecule has 0 spiro atoms. The van der Waals surface area contributed by atoms with Crippen molar-refractivity contribution >= 4 is 17.3 Å². The van der Waals surface area contributed by atoms with Gasteiger partial charge in [0.05, 0.1) is 6.10 Å². The molecule has 19 heavy (non-hydrogen) atoms. The second-order valence-corrected chi connectivity index (χ2v) is 4.75. The zero-order valence-electron chi connectivity index (χ0n) is 11.1. The standard InChI is InChI=1S/C14H20N2O3/c1-10-8-11(15)2-3-13(10)16-14(17)9-19-12-4-6-18-7-5-12/h2-3,8,12H,4-7,9,15H2,1H3,(H,16,17). The quantitative estimate of drug-likeness (QED) is 0.812. The number of amides is 1. The summed E-state index contributed by atoms with van der Waals surface area (Å²) >= 11 is 0. The predicted molar refractivity (Wildman–Crippen MR) is 74.0 cm³/mol. The van der Waals surface area contributed by atoms with Crippen LogP contribution in [0.5, 0.6) is 0 Å². The first kappa shape index (κ1) is 13.8. The Kier molecular flexibility index (Phi) is 4.76. The van der Waals surface area contributed by atoms with E-state index in [2.05, 4.69) is 5.32 Å². The number of nitrogens with two attached hydrogens (primary N) is 1. The molecule has 0 aromatic heterocycles. The zero-order chi connectivity index (χ0) is 13.7. The molecule has 1 heterocycles. The molecule has 1 amide bonds. The Morgan fingerprint density at radius 2 is 2.21 bits per heavy atom. The van der Waals surface area contributed by atoms with Gasteiger partial charge in [0.2, 0.25) is 5.91 Å². The molecule has 0 aliphatic carbocycles. The molecule has 3 N–H and O–H groups in total. The van der Waals surface area contributed by atoms with E-state index in [-0.39, 0.29) is 18.6 Å². The van der Waals surface area contributed by atoms with Crippen LogP contribution in [0.25, 0.3) is 0 Å². The van der Waals surface area contributed by atoms with Gasteiger partial charge in [-0.3, -0.25) is 4.79 Å². The average molecular weight is 264 g/mol. The highest BCUT2D eigenvalue weighted by Crippen LogP contribution is 2.17. The molecule has 1 aliphatic rings. The van der Waals surface area contributed by atoms with Crippen molar-refractivity contribution in [2.24, 2.45) is 0 Å². The molecule has 1 aromatic rings. The van der Waals surface area contributed by atoms with Gasteiger partial charge in [0.1, 0.15) is 6.61 Å². The maximum Gasteiger partial charge on any atom is 0.250 e. The third kappa shape index (κ3) is 4.22. The van der Waals surface area contributed by atoms with E-state index in [1.54, 1.807) is 12.1 Å². The van der Waals surface area contributed by atoms with Crippen LogP contribution >= 0.6 is 0 Å². The molecule has 1 saturated heterocycles. The van der Waals surface area contributed by atoms with Crippen molar-refractivity contribution in [2.45, 2.75) is 25.9 Å². The summed E-state index contributed by atoms with van der Waals surface area (Å²) in [5.74, 6) is -0.139. The molecule has 5 heteroatoms. The van der Waals surface area contributed by atoms with Gasteiger partial charge in [0, 0.05) is 24.6 Å². The van der Waals surface area contributed by atoms with E-state index in [9.17, 15) is 4.79 Å². The predicted octanol–water partition coefficient (Wildman–Crippen LogP) is 1.71. The van der Waals surface area contributed by atoms with Crippen LogP contribution < -0.4 is 11.1 Å². The highest BCUT2D eigenvalue weighted by Gasteiger charge is 2.15. The van der Waals surface area contributed by atoms with Crippen molar-refractivity contribution in [1.82, 2.24) is 0 Å². The first-order valence-electron chi connectivity index (χ1n) is 6.50. The third-order valence-electron chi connectivity index (χ3n) is 3.14. The van der Waals surface area contributed by atoms with Gasteiger partial charge in [0.15, 0.2) is 0 Å². The van der Waals surface area contributed by atoms with Crippen LogP contribution in [0, 0.1) is 6.92 Å². The van der Waals surface area contributed by atoms with E-state index < -0.39 is 0 Å². The Labute approximate surface area is 113 Å². The largest absolute Gasteiger partial charge is 0.399 e. The minimum absolute atomic E-state index is 0.0779. The van der Waals surface area contributed by atoms with Crippen molar-refractivity contribution in [1.29, 1.82) is 0 Å². The van der Waals surface area contributed by atoms with E-state index in [0.717, 1.165) is 24.1 Å². The highest BCUT2D eigenvalue weighted by molar-refractivity contribution is 5.92. The molecule has 5 nitrogen and oxygen atoms in total. The lowest BCUT2D eigenvalue weighted by molar-refractivity contribution is -0.124. The lowest BCUT2D eigenvalue weighted by Crippen LogP contribution is -2.28. The molecule has 0 atom stereocenters. The van der Waals surface area contributed by atoms with Crippen molar-refractivity contribution in [3.8, 4) is 0 Å². The van der Waals surface area contributed by atoms with Gasteiger partial charge in [-0.2, -0.15) is 0 Å². The number of ether oxygens (including phenoxy) is 2. The summed E-state index contributed by atoms with van der Waals surface area (Å²) in [5.41, 5.74) is 8.07. The smallest absolute Gasteiger partial charge is 0.250 e. The fraction of sp³-hybridized carbons (Fsp3) is 0.500. The molecule has 1 fully saturated rings. The molecule has 0 radical (unpaired) electrons. The topological polar surface area (TPSA) is 73.6 Å². The molecule has 0 bridgehead atoms. The van der Waals surface area contributed by atoms with Crippen LogP contribution in [0.2, 0.25) is 0 Å². The monoisotopic (exact) mass is 264 g/mol. The van der Waals surface area contributed by atoms with Gasteiger partial charge in [0.25, 0.3) is 0 Å². The number of carbonyl (C=O) groups is 1. The lowest BCUT2D eigenvalue weighted by atomic mass is 10.1. The summed E-state index contributed by atoms with van der Waals surface area (Å²) in [4.78, 5) is 11.8. The van der Waals surface area contributed by atoms with E-state index in [1.165, 1.54) is 0 Å². The van der Waals surface area contributed by atoms with Gasteiger partial charge >= 0.3 is 0 Å². The SMILES string of the molecule is Cc1cc(N)ccc1NC(=O)COC1CCOCC1. The van der Waals surface area contributed by atoms with Crippen LogP contribution in [0.3, 0.4) is 0 Å². The van der Waals surface area contributed by atoms with Crippen molar-refractivity contribution in [2.75, 3.05) is 30.9 Å². The maximum absolute atomic E-state index is 11.8. The molecular weight excluding hydrogens is 244 g/mol. The second kappa shape index (κ2) is 6.54. The normalized spacial score (nSPS) is 16.3. The number of rotatable bonds is 4. The van der Waals surface area contributed by atoms with Gasteiger partial charge in [-0.15, -0.1) is 0 Å². The first-order valence-corrected chi connectivity index (χ1v) is 6.50. The van der Waals surface area contributed by atoms with E-state index in [4.69, 9.17) is 15.2 Å². The lowest BCUT2D eigenvalue weighted by Gasteiger charge is -2.22. The van der Waals surface area contributed by atoms with Gasteiger partial charge in [-0.05, 0) is 43.5 Å². The van der Waals surface area contributed by atoms with Crippen molar-refractivity contribution < 1.29 is 14.3 Å². The van der Waals surface area contributed by atoms with Crippen LogP contribution in [0.4, 0.5) is 11.4 Å². The molecule has 0 unspecified atom stereocenters. The minimum Gasteiger partial charge on any atom is -0.399 e. The molecule has 1 aromatic carbocycles. The Hall–Kier alpha value is -1.59. The summed E-state index contributed by atoms with van der Waals surface area (Å²) < 4.78 is 10.8. The summed E-state index contributed by atoms with van der Waals surface area (Å²) in [6.07, 6.45) is 1.84. The van der Waals surface area contributed by atoms with Crippen LogP contribution in [0.1, 0.15) is 18.4 Å². The Bertz CT molecular complexity index is 442. The summed E-state index contributed by atoms with van der Waals surface area (Å²) in [5, 5.41) is 2.83. The molecule has 104 valence electrons. The number of nitrogen functional groups attached to an aromatic ring is 1. The second-order valence-electron chi connectivity index (χ2n) is 4.75. The van der Waals surface area contributed by atoms with E-state index in [0.29, 0.717) is 18.9 Å². The van der Waals surface area contributed by atoms with Crippen molar-refractivity contribution in [3.05, 3.63) is 23.8 Å². The molecule has 2 rings (SSSR count). The number of anilines is 2. The molecular formula is C14H20N2O3. The van der Waals surface area contributed by atoms with Gasteiger partial charge in [-0.1, -0.05) is 0 Å². The van der Waals surface area contributed by atoms with Gasteiger partial charge in [-0.25, -0.2) is 0 Å². The molecule has 0 saturated carbocycles. The summed E-state index contributed by atoms with van der Waals surface area (Å²) in [6, 6.07) is 5.40. The fourth-order valence-corrected chi connectivity index (χ4v) is 2.05. The van der Waals surface area contributed by atoms with Crippen LogP contribution in [-0.4, -0.2) is 31.8 Å². The van der Waals surface area contributed by atoms with Crippen LogP contribution in [-0.2, 0) is 14.3 Å². The van der Waals surface area contributed by atoms with Crippen LogP contribution in [0.15, 0.2) is 18.2 Å². The number of nitrogens with one attached hydrogen (secondary N) is 1. The Morgan fingerprint density at radius 1 is 1.47 bits per heavy atom. The van der Waals surface area contributed by atoms with Crippen molar-refractivity contribution in [3.63, 3.8) is 0 Å². The Morgan fingerprint density at radius 3 is 2.89 bits per heavy atom. The minimum atomic E-state index is -0.139. The zero-order valence-corrected chi connectivity index (χ0v) is 11.1. The number of carbonyl (C=O) groups excluding carboxylic acids is 1.